The van der Waals surface area contributed by atoms with Crippen LogP contribution in [0.5, 0.6) is 0 Å². The smallest absolute Gasteiger partial charge is 0.323 e. The number of carboxylic acid groups (broad SMARTS) is 1. The summed E-state index contributed by atoms with van der Waals surface area (Å²) >= 11 is 1.71. The number of hydrogen-bond acceptors (Lipinski definition) is 4. The zero-order valence-electron chi connectivity index (χ0n) is 12.5. The average Bonchev–Trinajstić information content (AvgIpc) is 2.42. The van der Waals surface area contributed by atoms with Crippen molar-refractivity contribution < 1.29 is 19.4 Å². The lowest BCUT2D eigenvalue weighted by Crippen LogP contribution is -2.37. The monoisotopic (exact) mass is 311 g/mol. The first kappa shape index (κ1) is 17.5. The lowest BCUT2D eigenvalue weighted by Gasteiger charge is -2.20. The molecule has 0 atom stereocenters. The second-order valence-electron chi connectivity index (χ2n) is 4.80. The first-order valence-electron chi connectivity index (χ1n) is 6.70. The fraction of sp³-hybridized carbons (Fsp3) is 0.467. The highest BCUT2D eigenvalue weighted by atomic mass is 32.2. The Morgan fingerprint density at radius 1 is 1.29 bits per heavy atom. The van der Waals surface area contributed by atoms with Crippen molar-refractivity contribution in [2.75, 3.05) is 26.8 Å². The van der Waals surface area contributed by atoms with Gasteiger partial charge in [-0.1, -0.05) is 13.8 Å². The molecule has 0 saturated carbocycles. The van der Waals surface area contributed by atoms with Crippen LogP contribution in [0.25, 0.3) is 0 Å². The average molecular weight is 311 g/mol. The molecule has 0 heterocycles. The Balaban J connectivity index is 2.79. The zero-order valence-corrected chi connectivity index (χ0v) is 13.4. The van der Waals surface area contributed by atoms with Gasteiger partial charge in [0.05, 0.1) is 6.61 Å². The minimum Gasteiger partial charge on any atom is -0.480 e. The number of nitrogens with zero attached hydrogens (tertiary/aromatic N) is 1. The highest BCUT2D eigenvalue weighted by Crippen LogP contribution is 2.23. The molecule has 0 fully saturated rings. The molecule has 21 heavy (non-hydrogen) atoms. The SMILES string of the molecule is COCCN(CC(=O)O)C(=O)c1ccc(SC(C)C)cc1. The van der Waals surface area contributed by atoms with Gasteiger partial charge in [-0.05, 0) is 24.3 Å². The third-order valence-electron chi connectivity index (χ3n) is 2.65. The number of hydrogen-bond donors (Lipinski definition) is 1. The van der Waals surface area contributed by atoms with Crippen LogP contribution < -0.4 is 0 Å². The Morgan fingerprint density at radius 3 is 2.38 bits per heavy atom. The second-order valence-corrected chi connectivity index (χ2v) is 6.45. The van der Waals surface area contributed by atoms with Gasteiger partial charge in [-0.15, -0.1) is 11.8 Å². The van der Waals surface area contributed by atoms with E-state index in [0.29, 0.717) is 17.4 Å². The van der Waals surface area contributed by atoms with Crippen LogP contribution in [-0.4, -0.2) is 53.9 Å². The van der Waals surface area contributed by atoms with Gasteiger partial charge < -0.3 is 14.7 Å². The van der Waals surface area contributed by atoms with Crippen molar-refractivity contribution in [2.45, 2.75) is 24.0 Å². The lowest BCUT2D eigenvalue weighted by atomic mass is 10.2. The van der Waals surface area contributed by atoms with Crippen LogP contribution >= 0.6 is 11.8 Å². The van der Waals surface area contributed by atoms with Crippen molar-refractivity contribution in [3.8, 4) is 0 Å². The van der Waals surface area contributed by atoms with Crippen molar-refractivity contribution in [2.24, 2.45) is 0 Å². The van der Waals surface area contributed by atoms with Crippen molar-refractivity contribution in [1.82, 2.24) is 4.90 Å². The number of rotatable bonds is 8. The molecular formula is C15H21NO4S. The fourth-order valence-corrected chi connectivity index (χ4v) is 2.59. The standard InChI is InChI=1S/C15H21NO4S/c1-11(2)21-13-6-4-12(5-7-13)15(19)16(8-9-20-3)10-14(17)18/h4-7,11H,8-10H2,1-3H3,(H,17,18). The molecule has 0 aromatic heterocycles. The summed E-state index contributed by atoms with van der Waals surface area (Å²) in [6, 6.07) is 7.23. The number of carbonyl (C=O) groups excluding carboxylic acids is 1. The van der Waals surface area contributed by atoms with Gasteiger partial charge in [-0.2, -0.15) is 0 Å². The molecule has 0 saturated heterocycles. The first-order chi connectivity index (χ1) is 9.93. The lowest BCUT2D eigenvalue weighted by molar-refractivity contribution is -0.137. The molecule has 1 amide bonds. The van der Waals surface area contributed by atoms with Gasteiger partial charge in [0.2, 0.25) is 0 Å². The number of amides is 1. The van der Waals surface area contributed by atoms with E-state index in [4.69, 9.17) is 9.84 Å². The van der Waals surface area contributed by atoms with Gasteiger partial charge in [-0.3, -0.25) is 9.59 Å². The Labute approximate surface area is 129 Å². The molecule has 0 bridgehead atoms. The maximum Gasteiger partial charge on any atom is 0.323 e. The van der Waals surface area contributed by atoms with Gasteiger partial charge >= 0.3 is 5.97 Å². The fourth-order valence-electron chi connectivity index (χ4n) is 1.75. The third kappa shape index (κ3) is 6.18. The van der Waals surface area contributed by atoms with E-state index < -0.39 is 5.97 Å². The topological polar surface area (TPSA) is 66.8 Å². The number of thioether (sulfide) groups is 1. The molecule has 0 spiro atoms. The summed E-state index contributed by atoms with van der Waals surface area (Å²) < 4.78 is 4.91. The highest BCUT2D eigenvalue weighted by Gasteiger charge is 2.18. The quantitative estimate of drug-likeness (QED) is 0.747. The Bertz CT molecular complexity index is 473. The van der Waals surface area contributed by atoms with E-state index in [2.05, 4.69) is 13.8 Å². The number of carbonyl (C=O) groups is 2. The summed E-state index contributed by atoms with van der Waals surface area (Å²) in [7, 11) is 1.52. The summed E-state index contributed by atoms with van der Waals surface area (Å²) in [6.45, 7) is 4.43. The Kier molecular flexibility index (Phi) is 7.25. The maximum atomic E-state index is 12.3. The van der Waals surface area contributed by atoms with Gasteiger partial charge in [0.1, 0.15) is 6.54 Å². The van der Waals surface area contributed by atoms with E-state index in [0.717, 1.165) is 4.90 Å². The van der Waals surface area contributed by atoms with Crippen LogP contribution in [0.4, 0.5) is 0 Å². The van der Waals surface area contributed by atoms with E-state index in [1.54, 1.807) is 23.9 Å². The largest absolute Gasteiger partial charge is 0.480 e. The van der Waals surface area contributed by atoms with Gasteiger partial charge in [0.15, 0.2) is 0 Å². The molecule has 0 aliphatic carbocycles. The summed E-state index contributed by atoms with van der Waals surface area (Å²) in [5.74, 6) is -1.33. The summed E-state index contributed by atoms with van der Waals surface area (Å²) in [6.07, 6.45) is 0. The molecule has 0 unspecified atom stereocenters. The molecule has 0 aliphatic heterocycles. The Hall–Kier alpha value is -1.53. The predicted octanol–water partition coefficient (Wildman–Crippen LogP) is 2.36. The molecule has 1 rings (SSSR count). The minimum absolute atomic E-state index is 0.254. The van der Waals surface area contributed by atoms with E-state index in [1.807, 2.05) is 12.1 Å². The van der Waals surface area contributed by atoms with Crippen LogP contribution in [0.15, 0.2) is 29.2 Å². The molecular weight excluding hydrogens is 290 g/mol. The van der Waals surface area contributed by atoms with Gasteiger partial charge in [0, 0.05) is 29.4 Å². The van der Waals surface area contributed by atoms with Crippen LogP contribution in [0.2, 0.25) is 0 Å². The van der Waals surface area contributed by atoms with E-state index in [9.17, 15) is 9.59 Å². The zero-order chi connectivity index (χ0) is 15.8. The maximum absolute atomic E-state index is 12.3. The highest BCUT2D eigenvalue weighted by molar-refractivity contribution is 7.99. The Morgan fingerprint density at radius 2 is 1.90 bits per heavy atom. The summed E-state index contributed by atoms with van der Waals surface area (Å²) in [5.41, 5.74) is 0.487. The van der Waals surface area contributed by atoms with Crippen LogP contribution in [0.1, 0.15) is 24.2 Å². The molecule has 116 valence electrons. The van der Waals surface area contributed by atoms with Crippen LogP contribution in [0.3, 0.4) is 0 Å². The molecule has 0 radical (unpaired) electrons. The second kappa shape index (κ2) is 8.69. The third-order valence-corrected chi connectivity index (χ3v) is 3.67. The number of methoxy groups -OCH3 is 1. The first-order valence-corrected chi connectivity index (χ1v) is 7.58. The van der Waals surface area contributed by atoms with Gasteiger partial charge in [-0.25, -0.2) is 0 Å². The van der Waals surface area contributed by atoms with Crippen molar-refractivity contribution in [1.29, 1.82) is 0 Å². The molecule has 6 heteroatoms. The normalized spacial score (nSPS) is 10.7. The molecule has 1 N–H and O–H groups in total. The van der Waals surface area contributed by atoms with Crippen molar-refractivity contribution in [3.63, 3.8) is 0 Å². The predicted molar refractivity (Wildman–Crippen MR) is 82.9 cm³/mol. The van der Waals surface area contributed by atoms with Crippen molar-refractivity contribution >= 4 is 23.6 Å². The summed E-state index contributed by atoms with van der Waals surface area (Å²) in [5, 5.41) is 9.35. The number of aliphatic carboxylic acids is 1. The van der Waals surface area contributed by atoms with Crippen LogP contribution in [0, 0.1) is 0 Å². The molecule has 1 aromatic rings. The number of carboxylic acids is 1. The van der Waals surface area contributed by atoms with Crippen LogP contribution in [-0.2, 0) is 9.53 Å². The van der Waals surface area contributed by atoms with E-state index in [-0.39, 0.29) is 19.0 Å². The minimum atomic E-state index is -1.04. The van der Waals surface area contributed by atoms with E-state index in [1.165, 1.54) is 12.0 Å². The summed E-state index contributed by atoms with van der Waals surface area (Å²) in [4.78, 5) is 25.5. The van der Waals surface area contributed by atoms with Crippen molar-refractivity contribution in [3.05, 3.63) is 29.8 Å². The van der Waals surface area contributed by atoms with E-state index >= 15 is 0 Å². The molecule has 5 nitrogen and oxygen atoms in total. The number of ether oxygens (including phenoxy) is 1. The number of benzene rings is 1. The van der Waals surface area contributed by atoms with Gasteiger partial charge in [0.25, 0.3) is 5.91 Å². The molecule has 1 aromatic carbocycles. The molecule has 0 aliphatic rings.